The maximum Gasteiger partial charge on any atom is 0.174 e. The standard InChI is InChI=1S/C33H38BrNO4/c1-32(2)16-23-29(25(36)18-32)28(21-14-22(34)31(39-6)27(15-21)38-5)30-24(17-33(3,4)19-26(30)37)35(23)13-12-20-10-8-7-9-11-20/h7-11,14-15,28H,12-13,16-19H2,1-6H3. The van der Waals surface area contributed by atoms with Crippen LogP contribution in [0.3, 0.4) is 0 Å². The molecule has 1 aliphatic heterocycles. The fourth-order valence-electron chi connectivity index (χ4n) is 6.64. The average Bonchev–Trinajstić information content (AvgIpc) is 2.85. The first-order valence-corrected chi connectivity index (χ1v) is 14.5. The van der Waals surface area contributed by atoms with E-state index in [1.54, 1.807) is 14.2 Å². The zero-order chi connectivity index (χ0) is 28.1. The summed E-state index contributed by atoms with van der Waals surface area (Å²) in [7, 11) is 3.21. The highest BCUT2D eigenvalue weighted by Gasteiger charge is 2.49. The number of methoxy groups -OCH3 is 2. The molecular weight excluding hydrogens is 554 g/mol. The van der Waals surface area contributed by atoms with E-state index in [0.717, 1.165) is 58.4 Å². The molecule has 206 valence electrons. The van der Waals surface area contributed by atoms with Crippen molar-refractivity contribution in [3.05, 3.63) is 80.6 Å². The highest BCUT2D eigenvalue weighted by Crippen LogP contribution is 2.55. The quantitative estimate of drug-likeness (QED) is 0.350. The van der Waals surface area contributed by atoms with Crippen LogP contribution in [0.5, 0.6) is 11.5 Å². The molecule has 2 aliphatic carbocycles. The minimum atomic E-state index is -0.425. The molecule has 39 heavy (non-hydrogen) atoms. The lowest BCUT2D eigenvalue weighted by Gasteiger charge is -2.49. The Balaban J connectivity index is 1.73. The summed E-state index contributed by atoms with van der Waals surface area (Å²) in [6, 6.07) is 14.4. The predicted octanol–water partition coefficient (Wildman–Crippen LogP) is 7.39. The molecule has 0 saturated carbocycles. The van der Waals surface area contributed by atoms with Gasteiger partial charge in [-0.2, -0.15) is 0 Å². The number of nitrogens with zero attached hydrogens (tertiary/aromatic N) is 1. The predicted molar refractivity (Wildman–Crippen MR) is 157 cm³/mol. The molecule has 0 radical (unpaired) electrons. The third-order valence-corrected chi connectivity index (χ3v) is 8.87. The number of benzene rings is 2. The normalized spacial score (nSPS) is 20.6. The fraction of sp³-hybridized carbons (Fsp3) is 0.455. The summed E-state index contributed by atoms with van der Waals surface area (Å²) >= 11 is 3.65. The van der Waals surface area contributed by atoms with E-state index in [2.05, 4.69) is 72.8 Å². The van der Waals surface area contributed by atoms with Crippen molar-refractivity contribution in [2.24, 2.45) is 10.8 Å². The van der Waals surface area contributed by atoms with Crippen LogP contribution < -0.4 is 9.47 Å². The number of halogens is 1. The first-order chi connectivity index (χ1) is 18.4. The average molecular weight is 593 g/mol. The topological polar surface area (TPSA) is 55.8 Å². The lowest BCUT2D eigenvalue weighted by atomic mass is 9.63. The highest BCUT2D eigenvalue weighted by atomic mass is 79.9. The van der Waals surface area contributed by atoms with Gasteiger partial charge in [-0.05, 0) is 69.3 Å². The zero-order valence-electron chi connectivity index (χ0n) is 23.8. The molecule has 0 saturated heterocycles. The number of hydrogen-bond donors (Lipinski definition) is 0. The Kier molecular flexibility index (Phi) is 7.30. The van der Waals surface area contributed by atoms with Crippen LogP contribution in [0.2, 0.25) is 0 Å². The summed E-state index contributed by atoms with van der Waals surface area (Å²) in [5, 5.41) is 0. The van der Waals surface area contributed by atoms with Crippen LogP contribution in [0.15, 0.2) is 69.5 Å². The van der Waals surface area contributed by atoms with Gasteiger partial charge in [-0.3, -0.25) is 9.59 Å². The zero-order valence-corrected chi connectivity index (χ0v) is 25.4. The lowest BCUT2D eigenvalue weighted by molar-refractivity contribution is -0.119. The fourth-order valence-corrected chi connectivity index (χ4v) is 7.26. The second kappa shape index (κ2) is 10.3. The number of ether oxygens (including phenoxy) is 2. The van der Waals surface area contributed by atoms with E-state index in [4.69, 9.17) is 9.47 Å². The number of hydrogen-bond acceptors (Lipinski definition) is 5. The van der Waals surface area contributed by atoms with Crippen molar-refractivity contribution in [2.45, 2.75) is 65.7 Å². The largest absolute Gasteiger partial charge is 0.493 e. The minimum absolute atomic E-state index is 0.131. The molecule has 0 amide bonds. The van der Waals surface area contributed by atoms with E-state index in [1.165, 1.54) is 5.56 Å². The number of allylic oxidation sites excluding steroid dienone is 4. The van der Waals surface area contributed by atoms with Crippen molar-refractivity contribution < 1.29 is 19.1 Å². The second-order valence-corrected chi connectivity index (χ2v) is 13.5. The highest BCUT2D eigenvalue weighted by molar-refractivity contribution is 9.10. The molecule has 0 bridgehead atoms. The van der Waals surface area contributed by atoms with Crippen molar-refractivity contribution in [2.75, 3.05) is 20.8 Å². The molecule has 0 spiro atoms. The van der Waals surface area contributed by atoms with Crippen molar-refractivity contribution in [3.8, 4) is 11.5 Å². The van der Waals surface area contributed by atoms with Gasteiger partial charge in [0, 0.05) is 47.8 Å². The van der Waals surface area contributed by atoms with Gasteiger partial charge in [0.15, 0.2) is 23.1 Å². The SMILES string of the molecule is COc1cc(C2C3=C(CC(C)(C)CC3=O)N(CCc3ccccc3)C3=C2C(=O)CC(C)(C)C3)cc(Br)c1OC. The monoisotopic (exact) mass is 591 g/mol. The van der Waals surface area contributed by atoms with Crippen LogP contribution in [0.1, 0.15) is 70.4 Å². The van der Waals surface area contributed by atoms with Crippen molar-refractivity contribution in [1.82, 2.24) is 4.90 Å². The smallest absolute Gasteiger partial charge is 0.174 e. The Bertz CT molecular complexity index is 1330. The van der Waals surface area contributed by atoms with Crippen molar-refractivity contribution >= 4 is 27.5 Å². The summed E-state index contributed by atoms with van der Waals surface area (Å²) in [6.07, 6.45) is 3.35. The van der Waals surface area contributed by atoms with E-state index >= 15 is 0 Å². The van der Waals surface area contributed by atoms with Crippen LogP contribution in [-0.2, 0) is 16.0 Å². The van der Waals surface area contributed by atoms with Crippen molar-refractivity contribution in [3.63, 3.8) is 0 Å². The van der Waals surface area contributed by atoms with E-state index in [1.807, 2.05) is 18.2 Å². The minimum Gasteiger partial charge on any atom is -0.493 e. The van der Waals surface area contributed by atoms with Gasteiger partial charge in [-0.1, -0.05) is 58.0 Å². The van der Waals surface area contributed by atoms with E-state index in [0.29, 0.717) is 24.3 Å². The van der Waals surface area contributed by atoms with Crippen LogP contribution in [0, 0.1) is 10.8 Å². The molecule has 0 N–H and O–H groups in total. The number of carbonyl (C=O) groups is 2. The Morgan fingerprint density at radius 3 is 1.92 bits per heavy atom. The first-order valence-electron chi connectivity index (χ1n) is 13.7. The van der Waals surface area contributed by atoms with Gasteiger partial charge in [0.25, 0.3) is 0 Å². The number of ketones is 2. The molecular formula is C33H38BrNO4. The molecule has 0 fully saturated rings. The molecule has 3 aliphatic rings. The number of rotatable bonds is 6. The molecule has 2 aromatic carbocycles. The lowest BCUT2D eigenvalue weighted by Crippen LogP contribution is -2.45. The van der Waals surface area contributed by atoms with Gasteiger partial charge in [-0.15, -0.1) is 0 Å². The number of carbonyl (C=O) groups excluding carboxylic acids is 2. The molecule has 0 aromatic heterocycles. The summed E-state index contributed by atoms with van der Waals surface area (Å²) < 4.78 is 12.0. The van der Waals surface area contributed by atoms with Crippen LogP contribution in [0.4, 0.5) is 0 Å². The molecule has 6 heteroatoms. The van der Waals surface area contributed by atoms with Gasteiger partial charge in [0.05, 0.1) is 18.7 Å². The Morgan fingerprint density at radius 2 is 1.41 bits per heavy atom. The summed E-state index contributed by atoms with van der Waals surface area (Å²) in [6.45, 7) is 9.42. The maximum absolute atomic E-state index is 14.0. The van der Waals surface area contributed by atoms with Gasteiger partial charge in [0.2, 0.25) is 0 Å². The summed E-state index contributed by atoms with van der Waals surface area (Å²) in [5.41, 5.74) is 5.51. The van der Waals surface area contributed by atoms with Gasteiger partial charge >= 0.3 is 0 Å². The van der Waals surface area contributed by atoms with Crippen LogP contribution >= 0.6 is 15.9 Å². The maximum atomic E-state index is 14.0. The van der Waals surface area contributed by atoms with E-state index in [-0.39, 0.29) is 22.4 Å². The molecule has 0 atom stereocenters. The Labute approximate surface area is 240 Å². The molecule has 5 rings (SSSR count). The third kappa shape index (κ3) is 5.20. The molecule has 5 nitrogen and oxygen atoms in total. The molecule has 2 aromatic rings. The molecule has 0 unspecified atom stereocenters. The van der Waals surface area contributed by atoms with Crippen molar-refractivity contribution in [1.29, 1.82) is 0 Å². The Hall–Kier alpha value is -2.86. The first kappa shape index (κ1) is 27.7. The molecule has 1 heterocycles. The van der Waals surface area contributed by atoms with Gasteiger partial charge in [0.1, 0.15) is 0 Å². The third-order valence-electron chi connectivity index (χ3n) is 8.28. The second-order valence-electron chi connectivity index (χ2n) is 12.7. The van der Waals surface area contributed by atoms with Gasteiger partial charge in [-0.25, -0.2) is 0 Å². The van der Waals surface area contributed by atoms with E-state index in [9.17, 15) is 9.59 Å². The Morgan fingerprint density at radius 1 is 0.846 bits per heavy atom. The van der Waals surface area contributed by atoms with E-state index < -0.39 is 5.92 Å². The van der Waals surface area contributed by atoms with Crippen LogP contribution in [-0.4, -0.2) is 37.2 Å². The number of Topliss-reactive ketones (excluding diaryl/α,β-unsaturated/α-hetero) is 2. The van der Waals surface area contributed by atoms with Gasteiger partial charge < -0.3 is 14.4 Å². The van der Waals surface area contributed by atoms with Crippen LogP contribution in [0.25, 0.3) is 0 Å². The summed E-state index contributed by atoms with van der Waals surface area (Å²) in [5.74, 6) is 1.01. The summed E-state index contributed by atoms with van der Waals surface area (Å²) in [4.78, 5) is 30.4.